The van der Waals surface area contributed by atoms with Crippen molar-refractivity contribution in [1.82, 2.24) is 4.98 Å². The molecule has 0 fully saturated rings. The molecule has 0 saturated carbocycles. The Morgan fingerprint density at radius 2 is 2.00 bits per heavy atom. The molecule has 2 N–H and O–H groups in total. The van der Waals surface area contributed by atoms with E-state index in [-0.39, 0.29) is 0 Å². The first-order valence-electron chi connectivity index (χ1n) is 4.49. The van der Waals surface area contributed by atoms with Crippen LogP contribution < -0.4 is 5.73 Å². The number of benzene rings is 1. The van der Waals surface area contributed by atoms with Gasteiger partial charge in [-0.3, -0.25) is 4.79 Å². The zero-order valence-corrected chi connectivity index (χ0v) is 9.04. The second kappa shape index (κ2) is 3.82. The van der Waals surface area contributed by atoms with E-state index in [0.29, 0.717) is 15.7 Å². The van der Waals surface area contributed by atoms with Crippen LogP contribution >= 0.6 is 11.3 Å². The Hall–Kier alpha value is -1.68. The van der Waals surface area contributed by atoms with Gasteiger partial charge in [-0.25, -0.2) is 4.98 Å². The SMILES string of the molecule is Cc1ccc(-c2nc(N)sc2C=O)cc1. The van der Waals surface area contributed by atoms with Crippen molar-refractivity contribution in [2.24, 2.45) is 0 Å². The van der Waals surface area contributed by atoms with Gasteiger partial charge in [0.1, 0.15) is 0 Å². The Bertz CT molecular complexity index is 488. The third-order valence-corrected chi connectivity index (χ3v) is 2.91. The summed E-state index contributed by atoms with van der Waals surface area (Å²) in [5.41, 5.74) is 8.35. The lowest BCUT2D eigenvalue weighted by Crippen LogP contribution is -1.85. The maximum absolute atomic E-state index is 10.8. The average Bonchev–Trinajstić information content (AvgIpc) is 2.61. The second-order valence-corrected chi connectivity index (χ2v) is 4.31. The molecule has 1 aromatic carbocycles. The van der Waals surface area contributed by atoms with Crippen molar-refractivity contribution < 1.29 is 4.79 Å². The molecule has 15 heavy (non-hydrogen) atoms. The Balaban J connectivity index is 2.52. The van der Waals surface area contributed by atoms with Gasteiger partial charge >= 0.3 is 0 Å². The van der Waals surface area contributed by atoms with Gasteiger partial charge in [0, 0.05) is 5.56 Å². The fourth-order valence-electron chi connectivity index (χ4n) is 1.35. The van der Waals surface area contributed by atoms with Gasteiger partial charge in [0.05, 0.1) is 10.6 Å². The van der Waals surface area contributed by atoms with Gasteiger partial charge in [0.2, 0.25) is 0 Å². The van der Waals surface area contributed by atoms with Gasteiger partial charge < -0.3 is 5.73 Å². The third-order valence-electron chi connectivity index (χ3n) is 2.10. The lowest BCUT2D eigenvalue weighted by atomic mass is 10.1. The van der Waals surface area contributed by atoms with Crippen molar-refractivity contribution in [3.63, 3.8) is 0 Å². The molecule has 0 aliphatic heterocycles. The van der Waals surface area contributed by atoms with Gasteiger partial charge in [-0.05, 0) is 6.92 Å². The van der Waals surface area contributed by atoms with E-state index in [2.05, 4.69) is 4.98 Å². The summed E-state index contributed by atoms with van der Waals surface area (Å²) in [4.78, 5) is 15.5. The zero-order chi connectivity index (χ0) is 10.8. The Morgan fingerprint density at radius 1 is 1.33 bits per heavy atom. The van der Waals surface area contributed by atoms with E-state index in [0.717, 1.165) is 11.8 Å². The van der Waals surface area contributed by atoms with Crippen molar-refractivity contribution in [3.8, 4) is 11.3 Å². The van der Waals surface area contributed by atoms with Gasteiger partial charge in [0.15, 0.2) is 11.4 Å². The molecule has 0 bridgehead atoms. The smallest absolute Gasteiger partial charge is 0.181 e. The van der Waals surface area contributed by atoms with Crippen LogP contribution in [0.3, 0.4) is 0 Å². The number of aromatic nitrogens is 1. The van der Waals surface area contributed by atoms with Gasteiger partial charge in [-0.15, -0.1) is 0 Å². The molecule has 0 unspecified atom stereocenters. The number of thiazole rings is 1. The summed E-state index contributed by atoms with van der Waals surface area (Å²) >= 11 is 1.21. The van der Waals surface area contributed by atoms with E-state index in [1.54, 1.807) is 0 Å². The number of carbonyl (C=O) groups excluding carboxylic acids is 1. The molecule has 2 aromatic rings. The van der Waals surface area contributed by atoms with Crippen LogP contribution in [0.25, 0.3) is 11.3 Å². The van der Waals surface area contributed by atoms with Crippen LogP contribution in [0.5, 0.6) is 0 Å². The van der Waals surface area contributed by atoms with Crippen LogP contribution in [0.1, 0.15) is 15.2 Å². The Kier molecular flexibility index (Phi) is 2.51. The number of aryl methyl sites for hydroxylation is 1. The average molecular weight is 218 g/mol. The van der Waals surface area contributed by atoms with Crippen molar-refractivity contribution in [1.29, 1.82) is 0 Å². The number of carbonyl (C=O) groups is 1. The van der Waals surface area contributed by atoms with Crippen molar-refractivity contribution in [3.05, 3.63) is 34.7 Å². The summed E-state index contributed by atoms with van der Waals surface area (Å²) in [7, 11) is 0. The monoisotopic (exact) mass is 218 g/mol. The van der Waals surface area contributed by atoms with Crippen molar-refractivity contribution >= 4 is 22.8 Å². The van der Waals surface area contributed by atoms with Crippen LogP contribution in [0.15, 0.2) is 24.3 Å². The van der Waals surface area contributed by atoms with Gasteiger partial charge in [-0.2, -0.15) is 0 Å². The second-order valence-electron chi connectivity index (χ2n) is 3.25. The molecular formula is C11H10N2OS. The number of nitrogens with zero attached hydrogens (tertiary/aromatic N) is 1. The predicted octanol–water partition coefficient (Wildman–Crippen LogP) is 2.51. The molecule has 0 aliphatic rings. The van der Waals surface area contributed by atoms with E-state index in [1.165, 1.54) is 16.9 Å². The molecule has 0 atom stereocenters. The Labute approximate surface area is 91.6 Å². The van der Waals surface area contributed by atoms with Crippen LogP contribution in [0.4, 0.5) is 5.13 Å². The first-order chi connectivity index (χ1) is 7.20. The highest BCUT2D eigenvalue weighted by atomic mass is 32.1. The third kappa shape index (κ3) is 1.89. The fraction of sp³-hybridized carbons (Fsp3) is 0.0909. The van der Waals surface area contributed by atoms with E-state index < -0.39 is 0 Å². The summed E-state index contributed by atoms with van der Waals surface area (Å²) in [6, 6.07) is 7.85. The largest absolute Gasteiger partial charge is 0.375 e. The number of rotatable bonds is 2. The summed E-state index contributed by atoms with van der Waals surface area (Å²) in [5.74, 6) is 0. The molecule has 4 heteroatoms. The molecule has 3 nitrogen and oxygen atoms in total. The molecule has 0 saturated heterocycles. The minimum absolute atomic E-state index is 0.424. The number of aldehydes is 1. The first kappa shape index (κ1) is 9.86. The molecule has 0 aliphatic carbocycles. The fourth-order valence-corrected chi connectivity index (χ4v) is 2.02. The van der Waals surface area contributed by atoms with Crippen LogP contribution in [0, 0.1) is 6.92 Å². The molecule has 76 valence electrons. The summed E-state index contributed by atoms with van der Waals surface area (Å²) in [6.45, 7) is 2.01. The highest BCUT2D eigenvalue weighted by molar-refractivity contribution is 7.17. The summed E-state index contributed by atoms with van der Waals surface area (Å²) in [6.07, 6.45) is 0.795. The lowest BCUT2D eigenvalue weighted by molar-refractivity contribution is 0.112. The Morgan fingerprint density at radius 3 is 2.60 bits per heavy atom. The molecular weight excluding hydrogens is 208 g/mol. The topological polar surface area (TPSA) is 56.0 Å². The normalized spacial score (nSPS) is 10.2. The number of anilines is 1. The highest BCUT2D eigenvalue weighted by Crippen LogP contribution is 2.28. The summed E-state index contributed by atoms with van der Waals surface area (Å²) in [5, 5.41) is 0.424. The van der Waals surface area contributed by atoms with Crippen LogP contribution in [-0.4, -0.2) is 11.3 Å². The zero-order valence-electron chi connectivity index (χ0n) is 8.23. The van der Waals surface area contributed by atoms with Gasteiger partial charge in [0.25, 0.3) is 0 Å². The molecule has 0 spiro atoms. The quantitative estimate of drug-likeness (QED) is 0.788. The maximum Gasteiger partial charge on any atom is 0.181 e. The van der Waals surface area contributed by atoms with Crippen LogP contribution in [0.2, 0.25) is 0 Å². The molecule has 2 rings (SSSR count). The van der Waals surface area contributed by atoms with E-state index in [4.69, 9.17) is 5.73 Å². The molecule has 1 aromatic heterocycles. The lowest BCUT2D eigenvalue weighted by Gasteiger charge is -1.98. The number of hydrogen-bond acceptors (Lipinski definition) is 4. The van der Waals surface area contributed by atoms with Crippen molar-refractivity contribution in [2.45, 2.75) is 6.92 Å². The molecule has 1 heterocycles. The molecule has 0 amide bonds. The van der Waals surface area contributed by atoms with Gasteiger partial charge in [-0.1, -0.05) is 41.2 Å². The summed E-state index contributed by atoms with van der Waals surface area (Å²) < 4.78 is 0. The maximum atomic E-state index is 10.8. The van der Waals surface area contributed by atoms with E-state index in [9.17, 15) is 4.79 Å². The van der Waals surface area contributed by atoms with E-state index in [1.807, 2.05) is 31.2 Å². The number of nitrogen functional groups attached to an aromatic ring is 1. The first-order valence-corrected chi connectivity index (χ1v) is 5.31. The van der Waals surface area contributed by atoms with Crippen molar-refractivity contribution in [2.75, 3.05) is 5.73 Å². The highest BCUT2D eigenvalue weighted by Gasteiger charge is 2.10. The van der Waals surface area contributed by atoms with Crippen LogP contribution in [-0.2, 0) is 0 Å². The minimum Gasteiger partial charge on any atom is -0.375 e. The predicted molar refractivity (Wildman–Crippen MR) is 62.1 cm³/mol. The minimum atomic E-state index is 0.424. The molecule has 0 radical (unpaired) electrons. The standard InChI is InChI=1S/C11H10N2OS/c1-7-2-4-8(5-3-7)10-9(6-14)15-11(12)13-10/h2-6H,1H3,(H2,12,13). The number of hydrogen-bond donors (Lipinski definition) is 1. The number of nitrogens with two attached hydrogens (primary N) is 1. The van der Waals surface area contributed by atoms with E-state index >= 15 is 0 Å².